The predicted octanol–water partition coefficient (Wildman–Crippen LogP) is 6.68. The van der Waals surface area contributed by atoms with Crippen molar-refractivity contribution in [3.05, 3.63) is 88.5 Å². The largest absolute Gasteiger partial charge is 0.508 e. The maximum Gasteiger partial charge on any atom is 0.303 e. The molecule has 9 nitrogen and oxygen atoms in total. The fourth-order valence-corrected chi connectivity index (χ4v) is 7.53. The van der Waals surface area contributed by atoms with E-state index in [2.05, 4.69) is 30.1 Å². The van der Waals surface area contributed by atoms with Crippen LogP contribution in [-0.4, -0.2) is 84.8 Å². The van der Waals surface area contributed by atoms with Crippen molar-refractivity contribution in [2.75, 3.05) is 13.2 Å². The van der Waals surface area contributed by atoms with Gasteiger partial charge in [0.2, 0.25) is 0 Å². The van der Waals surface area contributed by atoms with Crippen molar-refractivity contribution in [1.82, 2.24) is 5.32 Å². The summed E-state index contributed by atoms with van der Waals surface area (Å²) in [6.45, 7) is 3.45. The minimum Gasteiger partial charge on any atom is -0.508 e. The number of aliphatic hydroxyl groups is 5. The molecule has 2 aromatic rings. The van der Waals surface area contributed by atoms with E-state index in [1.54, 1.807) is 31.2 Å². The van der Waals surface area contributed by atoms with E-state index >= 15 is 0 Å². The lowest BCUT2D eigenvalue weighted by atomic mass is 9.74. The maximum absolute atomic E-state index is 12.7. The molecular weight excluding hydrogens is 682 g/mol. The summed E-state index contributed by atoms with van der Waals surface area (Å²) in [6.07, 6.45) is 12.0. The Labute approximate surface area is 322 Å². The topological polar surface area (TPSA) is 171 Å². The fourth-order valence-electron chi connectivity index (χ4n) is 7.53. The number of aromatic hydroxyl groups is 1. The normalized spacial score (nSPS) is 19.5. The second-order valence-corrected chi connectivity index (χ2v) is 15.0. The number of phenols is 1. The molecule has 1 aliphatic heterocycles. The molecule has 0 amide bonds. The quantitative estimate of drug-likeness (QED) is 0.0484. The van der Waals surface area contributed by atoms with Crippen LogP contribution in [0.15, 0.2) is 71.8 Å². The summed E-state index contributed by atoms with van der Waals surface area (Å²) in [4.78, 5) is 11.2. The Morgan fingerprint density at radius 3 is 2.41 bits per heavy atom. The van der Waals surface area contributed by atoms with Crippen LogP contribution < -0.4 is 5.32 Å². The number of fused-ring (bicyclic) bond motifs is 1. The Balaban J connectivity index is 2.21. The third-order valence-electron chi connectivity index (χ3n) is 10.7. The molecule has 298 valence electrons. The van der Waals surface area contributed by atoms with Gasteiger partial charge in [0.1, 0.15) is 5.75 Å². The number of allylic oxidation sites excluding steroid dienone is 2. The molecule has 0 aromatic heterocycles. The third kappa shape index (κ3) is 15.0. The van der Waals surface area contributed by atoms with Gasteiger partial charge in [-0.15, -0.1) is 0 Å². The zero-order valence-electron chi connectivity index (χ0n) is 32.4. The number of aliphatic carboxylic acids is 1. The lowest BCUT2D eigenvalue weighted by molar-refractivity contribution is -0.137. The lowest BCUT2D eigenvalue weighted by Gasteiger charge is -2.42. The Bertz CT molecular complexity index is 1520. The van der Waals surface area contributed by atoms with E-state index in [4.69, 9.17) is 5.11 Å². The van der Waals surface area contributed by atoms with Gasteiger partial charge in [-0.25, -0.2) is 0 Å². The first-order chi connectivity index (χ1) is 26.0. The van der Waals surface area contributed by atoms with Crippen molar-refractivity contribution in [3.8, 4) is 17.6 Å². The number of rotatable bonds is 22. The number of aryl methyl sites for hydroxylation is 1. The maximum atomic E-state index is 12.7. The smallest absolute Gasteiger partial charge is 0.303 e. The highest BCUT2D eigenvalue weighted by Crippen LogP contribution is 2.38. The lowest BCUT2D eigenvalue weighted by Crippen LogP contribution is -2.56. The van der Waals surface area contributed by atoms with Crippen molar-refractivity contribution in [2.24, 2.45) is 0 Å². The second kappa shape index (κ2) is 24.1. The number of hydrogen-bond donors (Lipinski definition) is 8. The molecule has 0 saturated heterocycles. The predicted molar refractivity (Wildman–Crippen MR) is 214 cm³/mol. The molecule has 3 rings (SSSR count). The average Bonchev–Trinajstić information content (AvgIpc) is 3.15. The molecule has 54 heavy (non-hydrogen) atoms. The average molecular weight is 748 g/mol. The molecule has 8 N–H and O–H groups in total. The minimum absolute atomic E-state index is 0.0459. The minimum atomic E-state index is -1.41. The molecular formula is C45H65NO8. The summed E-state index contributed by atoms with van der Waals surface area (Å²) in [5, 5.41) is 77.8. The number of benzene rings is 2. The molecule has 0 aliphatic carbocycles. The van der Waals surface area contributed by atoms with Crippen LogP contribution in [0.2, 0.25) is 0 Å². The second-order valence-electron chi connectivity index (χ2n) is 15.0. The summed E-state index contributed by atoms with van der Waals surface area (Å²) in [7, 11) is 0. The van der Waals surface area contributed by atoms with Crippen molar-refractivity contribution >= 4 is 5.97 Å². The zero-order valence-corrected chi connectivity index (χ0v) is 32.4. The third-order valence-corrected chi connectivity index (χ3v) is 10.7. The number of carboxylic acid groups (broad SMARTS) is 1. The van der Waals surface area contributed by atoms with Gasteiger partial charge in [0.05, 0.1) is 24.4 Å². The van der Waals surface area contributed by atoms with E-state index in [1.165, 1.54) is 0 Å². The van der Waals surface area contributed by atoms with Crippen LogP contribution in [0.3, 0.4) is 0 Å². The molecule has 6 unspecified atom stereocenters. The first-order valence-electron chi connectivity index (χ1n) is 20.0. The number of nitrogens with one attached hydrogen (secondary N) is 1. The van der Waals surface area contributed by atoms with Gasteiger partial charge in [-0.2, -0.15) is 0 Å². The standard InChI is InChI=1S/C45H65NO8/c1-3-4-7-17-37(49)27-24-35-23-22-34-15-11-10-14-33(34)16-12-20-43(45(2,54)41(18-13-30-47)36-25-28-38(50)29-26-36)46-42(40(35)31-39(51)32-48)19-8-5-6-9-21-44(52)53/h10-11,14-15,24-29,37,39,41-43,46-51,54H,3-9,13,17-23,30-32H2,1-2H3,(H,52,53). The van der Waals surface area contributed by atoms with E-state index in [-0.39, 0.29) is 37.7 Å². The number of hydrogen-bond acceptors (Lipinski definition) is 8. The molecule has 0 saturated carbocycles. The Morgan fingerprint density at radius 1 is 0.963 bits per heavy atom. The van der Waals surface area contributed by atoms with E-state index in [1.807, 2.05) is 30.4 Å². The Hall–Kier alpha value is -3.49. The molecule has 0 bridgehead atoms. The van der Waals surface area contributed by atoms with Crippen molar-refractivity contribution in [3.63, 3.8) is 0 Å². The molecule has 9 heteroatoms. The Kier molecular flexibility index (Phi) is 20.1. The van der Waals surface area contributed by atoms with Crippen LogP contribution in [0.25, 0.3) is 0 Å². The van der Waals surface area contributed by atoms with Gasteiger partial charge in [-0.1, -0.05) is 99.8 Å². The van der Waals surface area contributed by atoms with Crippen LogP contribution in [0.5, 0.6) is 5.75 Å². The van der Waals surface area contributed by atoms with Gasteiger partial charge in [-0.3, -0.25) is 4.79 Å². The summed E-state index contributed by atoms with van der Waals surface area (Å²) in [6, 6.07) is 13.8. The van der Waals surface area contributed by atoms with Crippen LogP contribution in [0.4, 0.5) is 0 Å². The van der Waals surface area contributed by atoms with Crippen LogP contribution in [0, 0.1) is 11.8 Å². The van der Waals surface area contributed by atoms with Crippen LogP contribution >= 0.6 is 0 Å². The molecule has 0 fully saturated rings. The zero-order chi connectivity index (χ0) is 39.3. The summed E-state index contributed by atoms with van der Waals surface area (Å²) in [5.74, 6) is 5.62. The highest BCUT2D eigenvalue weighted by molar-refractivity contribution is 5.66. The van der Waals surface area contributed by atoms with E-state index in [9.17, 15) is 35.4 Å². The number of carbonyl (C=O) groups is 1. The molecule has 0 spiro atoms. The van der Waals surface area contributed by atoms with E-state index < -0.39 is 42.3 Å². The summed E-state index contributed by atoms with van der Waals surface area (Å²) < 4.78 is 0. The first-order valence-corrected chi connectivity index (χ1v) is 20.0. The highest BCUT2D eigenvalue weighted by atomic mass is 16.4. The van der Waals surface area contributed by atoms with Crippen molar-refractivity contribution in [2.45, 2.75) is 152 Å². The van der Waals surface area contributed by atoms with Crippen LogP contribution in [0.1, 0.15) is 133 Å². The van der Waals surface area contributed by atoms with Crippen LogP contribution in [-0.2, 0) is 11.2 Å². The summed E-state index contributed by atoms with van der Waals surface area (Å²) in [5.41, 5.74) is 3.21. The van der Waals surface area contributed by atoms with E-state index in [0.717, 1.165) is 66.4 Å². The van der Waals surface area contributed by atoms with Crippen molar-refractivity contribution in [1.29, 1.82) is 0 Å². The highest BCUT2D eigenvalue weighted by Gasteiger charge is 2.41. The monoisotopic (exact) mass is 747 g/mol. The molecule has 6 atom stereocenters. The number of aliphatic hydroxyl groups excluding tert-OH is 4. The summed E-state index contributed by atoms with van der Waals surface area (Å²) >= 11 is 0. The van der Waals surface area contributed by atoms with E-state index in [0.29, 0.717) is 44.9 Å². The molecule has 1 aliphatic rings. The SMILES string of the molecule is CCCCCC(O)C=CC1=C(CC(O)CO)C(CCCCCCC(=O)O)NC(C(C)(O)C(CCCO)c2ccc(O)cc2)CC#Cc2ccccc2CC1. The number of phenolic OH excluding ortho intramolecular Hbond substituents is 1. The van der Waals surface area contributed by atoms with Gasteiger partial charge in [0.15, 0.2) is 0 Å². The van der Waals surface area contributed by atoms with Gasteiger partial charge < -0.3 is 41.1 Å². The van der Waals surface area contributed by atoms with Gasteiger partial charge in [0.25, 0.3) is 0 Å². The van der Waals surface area contributed by atoms with Gasteiger partial charge >= 0.3 is 5.97 Å². The molecule has 1 heterocycles. The number of carboxylic acids is 1. The molecule has 2 aromatic carbocycles. The number of unbranched alkanes of at least 4 members (excludes halogenated alkanes) is 5. The molecule has 0 radical (unpaired) electrons. The van der Waals surface area contributed by atoms with Crippen molar-refractivity contribution < 1.29 is 40.5 Å². The first kappa shape index (κ1) is 44.9. The van der Waals surface area contributed by atoms with Gasteiger partial charge in [0, 0.05) is 43.0 Å². The Morgan fingerprint density at radius 2 is 1.70 bits per heavy atom. The fraction of sp³-hybridized carbons (Fsp3) is 0.578. The van der Waals surface area contributed by atoms with Gasteiger partial charge in [-0.05, 0) is 98.8 Å².